The van der Waals surface area contributed by atoms with Crippen LogP contribution in [0.3, 0.4) is 0 Å². The van der Waals surface area contributed by atoms with Gasteiger partial charge in [0.2, 0.25) is 0 Å². The van der Waals surface area contributed by atoms with Gasteiger partial charge in [-0.05, 0) is 6.92 Å². The molecule has 50 valence electrons. The van der Waals surface area contributed by atoms with E-state index in [0.29, 0.717) is 0 Å². The first-order chi connectivity index (χ1) is 4.22. The molecule has 0 amide bonds. The third-order valence-electron chi connectivity index (χ3n) is 1.23. The van der Waals surface area contributed by atoms with Gasteiger partial charge in [-0.3, -0.25) is 0 Å². The highest BCUT2D eigenvalue weighted by Crippen LogP contribution is 2.13. The van der Waals surface area contributed by atoms with Gasteiger partial charge in [0.15, 0.2) is 0 Å². The summed E-state index contributed by atoms with van der Waals surface area (Å²) in [6.07, 6.45) is 0. The molecule has 1 fully saturated rings. The van der Waals surface area contributed by atoms with Crippen molar-refractivity contribution in [3.8, 4) is 0 Å². The minimum Gasteiger partial charge on any atom is -0.367 e. The van der Waals surface area contributed by atoms with Crippen molar-refractivity contribution in [2.75, 3.05) is 6.67 Å². The van der Waals surface area contributed by atoms with E-state index in [1.165, 1.54) is 0 Å². The van der Waals surface area contributed by atoms with Crippen LogP contribution in [0.1, 0.15) is 6.92 Å². The topological polar surface area (TPSA) is 24.1 Å². The SMILES string of the molecule is C=C1NCN/C1=C(/C)S. The minimum absolute atomic E-state index is 0.770. The molecule has 2 nitrogen and oxygen atoms in total. The second-order valence-corrected chi connectivity index (χ2v) is 2.64. The van der Waals surface area contributed by atoms with Gasteiger partial charge in [-0.25, -0.2) is 0 Å². The van der Waals surface area contributed by atoms with E-state index in [-0.39, 0.29) is 0 Å². The van der Waals surface area contributed by atoms with Gasteiger partial charge in [0.25, 0.3) is 0 Å². The fourth-order valence-corrected chi connectivity index (χ4v) is 0.995. The number of hydrogen-bond donors (Lipinski definition) is 3. The number of rotatable bonds is 0. The quantitative estimate of drug-likeness (QED) is 0.436. The Kier molecular flexibility index (Phi) is 1.71. The zero-order valence-corrected chi connectivity index (χ0v) is 6.26. The Bertz CT molecular complexity index is 168. The van der Waals surface area contributed by atoms with Crippen molar-refractivity contribution in [1.82, 2.24) is 10.6 Å². The van der Waals surface area contributed by atoms with E-state index in [9.17, 15) is 0 Å². The minimum atomic E-state index is 0.770. The van der Waals surface area contributed by atoms with Crippen molar-refractivity contribution in [3.63, 3.8) is 0 Å². The lowest BCUT2D eigenvalue weighted by Crippen LogP contribution is -2.10. The van der Waals surface area contributed by atoms with Crippen LogP contribution in [0, 0.1) is 0 Å². The maximum absolute atomic E-state index is 4.17. The molecule has 1 rings (SSSR count). The Morgan fingerprint density at radius 1 is 1.67 bits per heavy atom. The van der Waals surface area contributed by atoms with Gasteiger partial charge in [-0.2, -0.15) is 0 Å². The highest BCUT2D eigenvalue weighted by atomic mass is 32.1. The van der Waals surface area contributed by atoms with Gasteiger partial charge in [0, 0.05) is 4.91 Å². The van der Waals surface area contributed by atoms with Crippen LogP contribution in [0.2, 0.25) is 0 Å². The molecule has 1 aliphatic heterocycles. The molecule has 1 saturated heterocycles. The summed E-state index contributed by atoms with van der Waals surface area (Å²) in [5, 5.41) is 6.14. The van der Waals surface area contributed by atoms with Crippen LogP contribution in [0.15, 0.2) is 22.9 Å². The zero-order chi connectivity index (χ0) is 6.85. The van der Waals surface area contributed by atoms with E-state index >= 15 is 0 Å². The van der Waals surface area contributed by atoms with Crippen LogP contribution < -0.4 is 10.6 Å². The average molecular weight is 142 g/mol. The molecule has 0 aromatic heterocycles. The first kappa shape index (κ1) is 6.55. The van der Waals surface area contributed by atoms with Gasteiger partial charge in [0.05, 0.1) is 18.1 Å². The van der Waals surface area contributed by atoms with E-state index in [1.54, 1.807) is 0 Å². The van der Waals surface area contributed by atoms with Crippen molar-refractivity contribution < 1.29 is 0 Å². The molecular weight excluding hydrogens is 132 g/mol. The third kappa shape index (κ3) is 1.21. The molecule has 2 N–H and O–H groups in total. The highest BCUT2D eigenvalue weighted by molar-refractivity contribution is 7.84. The smallest absolute Gasteiger partial charge is 0.0850 e. The summed E-state index contributed by atoms with van der Waals surface area (Å²) < 4.78 is 0. The monoisotopic (exact) mass is 142 g/mol. The first-order valence-corrected chi connectivity index (χ1v) is 3.23. The molecule has 0 unspecified atom stereocenters. The molecule has 0 spiro atoms. The van der Waals surface area contributed by atoms with Crippen molar-refractivity contribution >= 4 is 12.6 Å². The van der Waals surface area contributed by atoms with Crippen LogP contribution in [-0.2, 0) is 0 Å². The molecule has 1 aliphatic rings. The molecule has 0 saturated carbocycles. The van der Waals surface area contributed by atoms with E-state index in [0.717, 1.165) is 23.0 Å². The maximum Gasteiger partial charge on any atom is 0.0850 e. The Balaban J connectivity index is 2.83. The van der Waals surface area contributed by atoms with E-state index in [1.807, 2.05) is 6.92 Å². The molecule has 0 atom stereocenters. The molecule has 0 radical (unpaired) electrons. The van der Waals surface area contributed by atoms with Gasteiger partial charge in [-0.15, -0.1) is 12.6 Å². The molecule has 1 heterocycles. The molecule has 0 aromatic rings. The number of thiol groups is 1. The fraction of sp³-hybridized carbons (Fsp3) is 0.333. The summed E-state index contributed by atoms with van der Waals surface area (Å²) in [7, 11) is 0. The Morgan fingerprint density at radius 2 is 2.33 bits per heavy atom. The Labute approximate surface area is 60.4 Å². The highest BCUT2D eigenvalue weighted by Gasteiger charge is 2.09. The van der Waals surface area contributed by atoms with Crippen LogP contribution in [0.4, 0.5) is 0 Å². The second kappa shape index (κ2) is 2.35. The standard InChI is InChI=1S/C6H10N2S/c1-4-6(5(2)9)8-3-7-4/h7-9H,1,3H2,2H3/b6-5-. The lowest BCUT2D eigenvalue weighted by atomic mass is 10.3. The third-order valence-corrected chi connectivity index (χ3v) is 1.45. The van der Waals surface area contributed by atoms with Gasteiger partial charge < -0.3 is 10.6 Å². The molecule has 0 aromatic carbocycles. The van der Waals surface area contributed by atoms with Crippen LogP contribution in [0.25, 0.3) is 0 Å². The van der Waals surface area contributed by atoms with Gasteiger partial charge in [0.1, 0.15) is 0 Å². The van der Waals surface area contributed by atoms with Crippen LogP contribution in [-0.4, -0.2) is 6.67 Å². The molecular formula is C6H10N2S. The zero-order valence-electron chi connectivity index (χ0n) is 5.36. The molecule has 0 aliphatic carbocycles. The fourth-order valence-electron chi connectivity index (χ4n) is 0.781. The van der Waals surface area contributed by atoms with Crippen LogP contribution in [0.5, 0.6) is 0 Å². The summed E-state index contributed by atoms with van der Waals surface area (Å²) in [5.74, 6) is 0. The lowest BCUT2D eigenvalue weighted by molar-refractivity contribution is 0.839. The van der Waals surface area contributed by atoms with Crippen molar-refractivity contribution in [2.24, 2.45) is 0 Å². The maximum atomic E-state index is 4.17. The summed E-state index contributed by atoms with van der Waals surface area (Å²) in [6, 6.07) is 0. The molecule has 0 bridgehead atoms. The van der Waals surface area contributed by atoms with Crippen molar-refractivity contribution in [3.05, 3.63) is 22.9 Å². The molecule has 9 heavy (non-hydrogen) atoms. The van der Waals surface area contributed by atoms with Crippen molar-refractivity contribution in [2.45, 2.75) is 6.92 Å². The lowest BCUT2D eigenvalue weighted by Gasteiger charge is -1.98. The Hall–Kier alpha value is -0.570. The summed E-state index contributed by atoms with van der Waals surface area (Å²) in [5.41, 5.74) is 1.96. The Morgan fingerprint density at radius 3 is 2.56 bits per heavy atom. The number of hydrogen-bond acceptors (Lipinski definition) is 3. The van der Waals surface area contributed by atoms with Crippen molar-refractivity contribution in [1.29, 1.82) is 0 Å². The predicted molar refractivity (Wildman–Crippen MR) is 42.0 cm³/mol. The summed E-state index contributed by atoms with van der Waals surface area (Å²) in [4.78, 5) is 0.977. The predicted octanol–water partition coefficient (Wildman–Crippen LogP) is 0.812. The largest absolute Gasteiger partial charge is 0.367 e. The van der Waals surface area contributed by atoms with E-state index in [2.05, 4.69) is 29.8 Å². The van der Waals surface area contributed by atoms with Gasteiger partial charge in [-0.1, -0.05) is 6.58 Å². The molecule has 3 heteroatoms. The number of nitrogens with one attached hydrogen (secondary N) is 2. The van der Waals surface area contributed by atoms with Gasteiger partial charge >= 0.3 is 0 Å². The summed E-state index contributed by atoms with van der Waals surface area (Å²) in [6.45, 7) is 6.48. The number of allylic oxidation sites excluding steroid dienone is 1. The van der Waals surface area contributed by atoms with Crippen LogP contribution >= 0.6 is 12.6 Å². The first-order valence-electron chi connectivity index (χ1n) is 2.78. The second-order valence-electron chi connectivity index (χ2n) is 1.97. The van der Waals surface area contributed by atoms with E-state index < -0.39 is 0 Å². The average Bonchev–Trinajstić information content (AvgIpc) is 2.13. The normalized spacial score (nSPS) is 23.1. The summed E-state index contributed by atoms with van der Waals surface area (Å²) >= 11 is 4.17. The van der Waals surface area contributed by atoms with E-state index in [4.69, 9.17) is 0 Å².